The molecule has 0 aromatic rings. The Labute approximate surface area is 61.4 Å². The average molecular weight is 172 g/mol. The zero-order valence-electron chi connectivity index (χ0n) is 4.95. The summed E-state index contributed by atoms with van der Waals surface area (Å²) in [5.41, 5.74) is 0. The average Bonchev–Trinajstić information content (AvgIpc) is 1.66. The molecule has 1 N–H and O–H groups in total. The normalized spacial score (nSPS) is 10.5. The number of rotatable bonds is 4. The lowest BCUT2D eigenvalue weighted by Crippen LogP contribution is -2.16. The van der Waals surface area contributed by atoms with Crippen LogP contribution < -0.4 is 5.32 Å². The zero-order valence-corrected chi connectivity index (χ0v) is 7.62. The molecule has 0 radical (unpaired) electrons. The van der Waals surface area contributed by atoms with E-state index in [1.807, 2.05) is 0 Å². The van der Waals surface area contributed by atoms with E-state index in [2.05, 4.69) is 12.2 Å². The first-order chi connectivity index (χ1) is 3.77. The summed E-state index contributed by atoms with van der Waals surface area (Å²) in [6, 6.07) is 0.969. The molecule has 0 rings (SSSR count). The quantitative estimate of drug-likeness (QED) is 0.383. The molecule has 0 aromatic carbocycles. The van der Waals surface area contributed by atoms with Crippen LogP contribution in [0, 0.1) is 0 Å². The maximum atomic E-state index is 5.58. The summed E-state index contributed by atoms with van der Waals surface area (Å²) < 4.78 is 0. The van der Waals surface area contributed by atoms with Gasteiger partial charge >= 0.3 is 0 Å². The Kier molecular flexibility index (Phi) is 6.44. The van der Waals surface area contributed by atoms with Gasteiger partial charge in [0, 0.05) is 0 Å². The van der Waals surface area contributed by atoms with Gasteiger partial charge in [0.1, 0.15) is 0 Å². The van der Waals surface area contributed by atoms with E-state index in [1.54, 1.807) is 0 Å². The van der Waals surface area contributed by atoms with Gasteiger partial charge in [0.15, 0.2) is 0 Å². The number of halogens is 2. The molecule has 0 aliphatic carbocycles. The van der Waals surface area contributed by atoms with Gasteiger partial charge in [-0.1, -0.05) is 6.92 Å². The van der Waals surface area contributed by atoms with Crippen molar-refractivity contribution >= 4 is 29.6 Å². The van der Waals surface area contributed by atoms with Crippen LogP contribution in [0.25, 0.3) is 0 Å². The van der Waals surface area contributed by atoms with Crippen LogP contribution in [0.2, 0.25) is 6.04 Å². The molecular formula is C4H11Cl2NSi. The van der Waals surface area contributed by atoms with Gasteiger partial charge in [0.2, 0.25) is 7.42 Å². The summed E-state index contributed by atoms with van der Waals surface area (Å²) in [5, 5.41) is 3.15. The van der Waals surface area contributed by atoms with Gasteiger partial charge in [-0.15, -0.1) is 0 Å². The van der Waals surface area contributed by atoms with Gasteiger partial charge in [0.05, 0.1) is 0 Å². The van der Waals surface area contributed by atoms with Crippen molar-refractivity contribution in [3.8, 4) is 0 Å². The minimum atomic E-state index is -1.32. The van der Waals surface area contributed by atoms with Crippen LogP contribution in [0.5, 0.6) is 0 Å². The maximum absolute atomic E-state index is 5.58. The Hall–Kier alpha value is 0.757. The van der Waals surface area contributed by atoms with Crippen molar-refractivity contribution in [2.45, 2.75) is 13.0 Å². The lowest BCUT2D eigenvalue weighted by molar-refractivity contribution is 0.760. The summed E-state index contributed by atoms with van der Waals surface area (Å²) in [4.78, 5) is 0. The van der Waals surface area contributed by atoms with Crippen molar-refractivity contribution < 1.29 is 0 Å². The first-order valence-corrected chi connectivity index (χ1v) is 7.07. The van der Waals surface area contributed by atoms with E-state index in [1.165, 1.54) is 0 Å². The molecule has 0 saturated carbocycles. The van der Waals surface area contributed by atoms with Crippen molar-refractivity contribution in [2.24, 2.45) is 0 Å². The highest BCUT2D eigenvalue weighted by atomic mass is 35.7. The predicted molar refractivity (Wildman–Crippen MR) is 42.2 cm³/mol. The minimum absolute atomic E-state index is 0.969. The molecule has 0 aliphatic rings. The van der Waals surface area contributed by atoms with Crippen LogP contribution in [0.15, 0.2) is 0 Å². The molecule has 0 aliphatic heterocycles. The van der Waals surface area contributed by atoms with Crippen molar-refractivity contribution in [2.75, 3.05) is 13.1 Å². The van der Waals surface area contributed by atoms with Crippen molar-refractivity contribution in [3.05, 3.63) is 0 Å². The van der Waals surface area contributed by atoms with Crippen LogP contribution in [0.4, 0.5) is 0 Å². The first kappa shape index (κ1) is 8.76. The monoisotopic (exact) mass is 171 g/mol. The largest absolute Gasteiger partial charge is 0.317 e. The molecule has 0 saturated heterocycles. The fourth-order valence-electron chi connectivity index (χ4n) is 0.388. The fourth-order valence-corrected chi connectivity index (χ4v) is 1.46. The Morgan fingerprint density at radius 2 is 2.12 bits per heavy atom. The Balaban J connectivity index is 2.72. The van der Waals surface area contributed by atoms with Crippen LogP contribution in [-0.2, 0) is 0 Å². The lowest BCUT2D eigenvalue weighted by Gasteiger charge is -1.98. The molecule has 0 bridgehead atoms. The van der Waals surface area contributed by atoms with Gasteiger partial charge in [-0.05, 0) is 19.1 Å². The van der Waals surface area contributed by atoms with Crippen LogP contribution in [0.1, 0.15) is 6.92 Å². The summed E-state index contributed by atoms with van der Waals surface area (Å²) in [6.07, 6.45) is 0. The first-order valence-electron chi connectivity index (χ1n) is 2.76. The molecule has 0 atom stereocenters. The van der Waals surface area contributed by atoms with Crippen molar-refractivity contribution in [1.82, 2.24) is 5.32 Å². The van der Waals surface area contributed by atoms with Crippen molar-refractivity contribution in [1.29, 1.82) is 0 Å². The Morgan fingerprint density at radius 1 is 1.50 bits per heavy atom. The second-order valence-corrected chi connectivity index (χ2v) is 6.72. The summed E-state index contributed by atoms with van der Waals surface area (Å²) in [5.74, 6) is 0. The molecular weight excluding hydrogens is 161 g/mol. The Bertz CT molecular complexity index is 51.3. The minimum Gasteiger partial charge on any atom is -0.317 e. The molecule has 1 nitrogen and oxygen atoms in total. The van der Waals surface area contributed by atoms with E-state index in [9.17, 15) is 0 Å². The lowest BCUT2D eigenvalue weighted by atomic mass is 10.7. The molecule has 0 unspecified atom stereocenters. The summed E-state index contributed by atoms with van der Waals surface area (Å²) >= 11 is 11.2. The maximum Gasteiger partial charge on any atom is 0.238 e. The van der Waals surface area contributed by atoms with Gasteiger partial charge in [-0.3, -0.25) is 0 Å². The van der Waals surface area contributed by atoms with Crippen LogP contribution >= 0.6 is 22.2 Å². The second kappa shape index (κ2) is 5.89. The molecule has 50 valence electrons. The third-order valence-corrected chi connectivity index (χ3v) is 2.82. The van der Waals surface area contributed by atoms with Gasteiger partial charge < -0.3 is 5.32 Å². The fraction of sp³-hybridized carbons (Fsp3) is 1.00. The van der Waals surface area contributed by atoms with E-state index >= 15 is 0 Å². The van der Waals surface area contributed by atoms with E-state index in [0.717, 1.165) is 19.1 Å². The van der Waals surface area contributed by atoms with Crippen LogP contribution in [-0.4, -0.2) is 20.5 Å². The van der Waals surface area contributed by atoms with E-state index in [4.69, 9.17) is 22.2 Å². The molecule has 8 heavy (non-hydrogen) atoms. The third-order valence-electron chi connectivity index (χ3n) is 0.789. The smallest absolute Gasteiger partial charge is 0.238 e. The number of hydrogen-bond acceptors (Lipinski definition) is 1. The summed E-state index contributed by atoms with van der Waals surface area (Å²) in [7, 11) is -1.32. The predicted octanol–water partition coefficient (Wildman–Crippen LogP) is 1.29. The highest BCUT2D eigenvalue weighted by Gasteiger charge is 1.98. The SMILES string of the molecule is CCNCC[SiH](Cl)Cl. The van der Waals surface area contributed by atoms with E-state index in [0.29, 0.717) is 0 Å². The highest BCUT2D eigenvalue weighted by molar-refractivity contribution is 7.33. The highest BCUT2D eigenvalue weighted by Crippen LogP contribution is 1.99. The van der Waals surface area contributed by atoms with Gasteiger partial charge in [-0.2, -0.15) is 22.2 Å². The molecule has 0 spiro atoms. The topological polar surface area (TPSA) is 12.0 Å². The van der Waals surface area contributed by atoms with Gasteiger partial charge in [-0.25, -0.2) is 0 Å². The number of nitrogens with one attached hydrogen (secondary N) is 1. The Morgan fingerprint density at radius 3 is 2.50 bits per heavy atom. The standard InChI is InChI=1S/C4H11Cl2NSi/c1-2-7-3-4-8(5)6/h7-8H,2-4H2,1H3. The molecule has 0 fully saturated rings. The molecule has 0 aromatic heterocycles. The molecule has 0 heterocycles. The van der Waals surface area contributed by atoms with Gasteiger partial charge in [0.25, 0.3) is 0 Å². The second-order valence-electron chi connectivity index (χ2n) is 1.53. The molecule has 4 heteroatoms. The van der Waals surface area contributed by atoms with E-state index < -0.39 is 7.42 Å². The van der Waals surface area contributed by atoms with Crippen molar-refractivity contribution in [3.63, 3.8) is 0 Å². The molecule has 0 amide bonds. The number of hydrogen-bond donors (Lipinski definition) is 1. The third kappa shape index (κ3) is 6.76. The van der Waals surface area contributed by atoms with E-state index in [-0.39, 0.29) is 0 Å². The zero-order chi connectivity index (χ0) is 6.41. The van der Waals surface area contributed by atoms with Crippen LogP contribution in [0.3, 0.4) is 0 Å². The summed E-state index contributed by atoms with van der Waals surface area (Å²) in [6.45, 7) is 4.05.